The molecular weight excluding hydrogens is 466 g/mol. The molecule has 0 saturated heterocycles. The topological polar surface area (TPSA) is 64.0 Å². The molecule has 5 rings (SSSR count). The summed E-state index contributed by atoms with van der Waals surface area (Å²) >= 11 is 0. The van der Waals surface area contributed by atoms with Gasteiger partial charge < -0.3 is 0 Å². The van der Waals surface area contributed by atoms with Crippen LogP contribution < -0.4 is 4.72 Å². The first kappa shape index (κ1) is 24.0. The normalized spacial score (nSPS) is 11.7. The summed E-state index contributed by atoms with van der Waals surface area (Å²) in [5.74, 6) is 1.01. The molecule has 0 amide bonds. The summed E-state index contributed by atoms with van der Waals surface area (Å²) in [7, 11) is -3.51. The lowest BCUT2D eigenvalue weighted by Gasteiger charge is -2.11. The van der Waals surface area contributed by atoms with Gasteiger partial charge in [-0.15, -0.1) is 0 Å². The highest BCUT2D eigenvalue weighted by Crippen LogP contribution is 2.27. The van der Waals surface area contributed by atoms with Crippen molar-refractivity contribution >= 4 is 21.1 Å². The second-order valence-electron chi connectivity index (χ2n) is 8.91. The van der Waals surface area contributed by atoms with Gasteiger partial charge in [-0.05, 0) is 66.4 Å². The molecule has 1 aromatic heterocycles. The quantitative estimate of drug-likeness (QED) is 0.284. The maximum absolute atomic E-state index is 12.5. The van der Waals surface area contributed by atoms with E-state index in [-0.39, 0.29) is 4.90 Å². The molecule has 0 spiro atoms. The fourth-order valence-corrected chi connectivity index (χ4v) is 5.44. The van der Waals surface area contributed by atoms with Crippen molar-refractivity contribution < 1.29 is 8.42 Å². The van der Waals surface area contributed by atoms with Crippen LogP contribution in [0.3, 0.4) is 0 Å². The number of aryl methyl sites for hydroxylation is 2. The predicted octanol–water partition coefficient (Wildman–Crippen LogP) is 6.08. The van der Waals surface area contributed by atoms with E-state index in [1.54, 1.807) is 24.3 Å². The van der Waals surface area contributed by atoms with Crippen molar-refractivity contribution in [1.82, 2.24) is 14.3 Å². The van der Waals surface area contributed by atoms with Gasteiger partial charge in [0, 0.05) is 18.7 Å². The fourth-order valence-electron chi connectivity index (χ4n) is 4.41. The molecule has 0 saturated carbocycles. The van der Waals surface area contributed by atoms with Crippen molar-refractivity contribution in [3.63, 3.8) is 0 Å². The Balaban J connectivity index is 1.33. The maximum Gasteiger partial charge on any atom is 0.240 e. The van der Waals surface area contributed by atoms with E-state index in [9.17, 15) is 8.42 Å². The van der Waals surface area contributed by atoms with Crippen LogP contribution in [0, 0.1) is 6.92 Å². The van der Waals surface area contributed by atoms with Crippen LogP contribution in [0.2, 0.25) is 0 Å². The van der Waals surface area contributed by atoms with E-state index < -0.39 is 10.0 Å². The van der Waals surface area contributed by atoms with Gasteiger partial charge in [0.25, 0.3) is 0 Å². The van der Waals surface area contributed by atoms with Crippen LogP contribution in [0.15, 0.2) is 102 Å². The molecule has 0 unspecified atom stereocenters. The zero-order valence-corrected chi connectivity index (χ0v) is 21.3. The minimum Gasteiger partial charge on any atom is -0.296 e. The third-order valence-corrected chi connectivity index (χ3v) is 7.86. The summed E-state index contributed by atoms with van der Waals surface area (Å²) in [4.78, 5) is 5.20. The van der Waals surface area contributed by atoms with Gasteiger partial charge in [-0.1, -0.05) is 73.2 Å². The Labute approximate surface area is 212 Å². The average molecular weight is 496 g/mol. The Morgan fingerprint density at radius 2 is 1.56 bits per heavy atom. The Morgan fingerprint density at radius 3 is 2.25 bits per heavy atom. The Hall–Kier alpha value is -3.74. The minimum absolute atomic E-state index is 0.290. The summed E-state index contributed by atoms with van der Waals surface area (Å²) < 4.78 is 30.0. The zero-order valence-electron chi connectivity index (χ0n) is 20.5. The summed E-state index contributed by atoms with van der Waals surface area (Å²) in [6.45, 7) is 4.39. The Bertz CT molecular complexity index is 1590. The first-order valence-corrected chi connectivity index (χ1v) is 13.7. The van der Waals surface area contributed by atoms with Crippen molar-refractivity contribution in [2.75, 3.05) is 6.54 Å². The summed E-state index contributed by atoms with van der Waals surface area (Å²) in [5.41, 5.74) is 7.52. The lowest BCUT2D eigenvalue weighted by atomic mass is 10.1. The van der Waals surface area contributed by atoms with E-state index in [0.29, 0.717) is 13.0 Å². The van der Waals surface area contributed by atoms with Crippen LogP contribution in [0.4, 0.5) is 0 Å². The molecule has 5 nitrogen and oxygen atoms in total. The largest absolute Gasteiger partial charge is 0.296 e. The van der Waals surface area contributed by atoms with Gasteiger partial charge in [0.05, 0.1) is 15.9 Å². The molecule has 4 aromatic carbocycles. The number of hydrogen-bond donors (Lipinski definition) is 1. The predicted molar refractivity (Wildman–Crippen MR) is 146 cm³/mol. The Kier molecular flexibility index (Phi) is 6.72. The minimum atomic E-state index is -3.51. The number of imidazole rings is 1. The number of fused-ring (bicyclic) bond motifs is 1. The van der Waals surface area contributed by atoms with Crippen LogP contribution in [0.25, 0.3) is 27.8 Å². The number of nitrogens with zero attached hydrogens (tertiary/aromatic N) is 2. The van der Waals surface area contributed by atoms with E-state index in [1.807, 2.05) is 25.1 Å². The number of rotatable bonds is 8. The van der Waals surface area contributed by atoms with Gasteiger partial charge in [0.1, 0.15) is 5.82 Å². The number of hydrogen-bond acceptors (Lipinski definition) is 3. The van der Waals surface area contributed by atoms with E-state index in [0.717, 1.165) is 45.7 Å². The fraction of sp³-hybridized carbons (Fsp3) is 0.167. The van der Waals surface area contributed by atoms with E-state index >= 15 is 0 Å². The molecule has 5 aromatic rings. The maximum atomic E-state index is 12.5. The molecule has 0 aliphatic rings. The van der Waals surface area contributed by atoms with Crippen molar-refractivity contribution in [1.29, 1.82) is 0 Å². The number of sulfonamides is 1. The monoisotopic (exact) mass is 495 g/mol. The van der Waals surface area contributed by atoms with Gasteiger partial charge in [-0.2, -0.15) is 0 Å². The molecular formula is C30H29N3O2S. The first-order valence-electron chi connectivity index (χ1n) is 12.2. The summed E-state index contributed by atoms with van der Waals surface area (Å²) in [6, 6.07) is 31.9. The molecule has 0 fully saturated rings. The molecule has 6 heteroatoms. The average Bonchev–Trinajstić information content (AvgIpc) is 3.28. The smallest absolute Gasteiger partial charge is 0.240 e. The second-order valence-corrected chi connectivity index (χ2v) is 10.7. The van der Waals surface area contributed by atoms with Gasteiger partial charge in [0.2, 0.25) is 10.0 Å². The standard InChI is InChI=1S/C30H29N3O2S/c1-3-30-32-28-21-25(24-7-5-4-6-8-24)13-18-29(28)33(30)26-14-11-23(12-15-26)19-20-31-36(34,35)27-16-9-22(2)10-17-27/h4-18,21,31H,3,19-20H2,1-2H3. The van der Waals surface area contributed by atoms with Crippen molar-refractivity contribution in [3.8, 4) is 16.8 Å². The van der Waals surface area contributed by atoms with Gasteiger partial charge >= 0.3 is 0 Å². The van der Waals surface area contributed by atoms with E-state index in [4.69, 9.17) is 4.98 Å². The Morgan fingerprint density at radius 1 is 0.833 bits per heavy atom. The van der Waals surface area contributed by atoms with Crippen molar-refractivity contribution in [2.45, 2.75) is 31.6 Å². The van der Waals surface area contributed by atoms with E-state index in [2.05, 4.69) is 70.8 Å². The molecule has 0 atom stereocenters. The second kappa shape index (κ2) is 10.1. The highest BCUT2D eigenvalue weighted by atomic mass is 32.2. The molecule has 182 valence electrons. The number of nitrogens with one attached hydrogen (secondary N) is 1. The lowest BCUT2D eigenvalue weighted by molar-refractivity contribution is 0.581. The van der Waals surface area contributed by atoms with Gasteiger partial charge in [-0.3, -0.25) is 4.57 Å². The third-order valence-electron chi connectivity index (χ3n) is 6.38. The molecule has 1 N–H and O–H groups in total. The van der Waals surface area contributed by atoms with Gasteiger partial charge in [0.15, 0.2) is 0 Å². The van der Waals surface area contributed by atoms with Gasteiger partial charge in [-0.25, -0.2) is 18.1 Å². The first-order chi connectivity index (χ1) is 17.4. The van der Waals surface area contributed by atoms with Crippen LogP contribution in [0.1, 0.15) is 23.9 Å². The molecule has 0 bridgehead atoms. The molecule has 0 aliphatic heterocycles. The number of aromatic nitrogens is 2. The SMILES string of the molecule is CCc1nc2cc(-c3ccccc3)ccc2n1-c1ccc(CCNS(=O)(=O)c2ccc(C)cc2)cc1. The van der Waals surface area contributed by atoms with Crippen LogP contribution in [-0.2, 0) is 22.9 Å². The van der Waals surface area contributed by atoms with Crippen molar-refractivity contribution in [3.05, 3.63) is 114 Å². The van der Waals surface area contributed by atoms with Crippen LogP contribution in [-0.4, -0.2) is 24.5 Å². The van der Waals surface area contributed by atoms with Crippen LogP contribution in [0.5, 0.6) is 0 Å². The molecule has 36 heavy (non-hydrogen) atoms. The summed E-state index contributed by atoms with van der Waals surface area (Å²) in [5, 5.41) is 0. The third kappa shape index (κ3) is 4.96. The van der Waals surface area contributed by atoms with Crippen LogP contribution >= 0.6 is 0 Å². The zero-order chi connectivity index (χ0) is 25.1. The summed E-state index contributed by atoms with van der Waals surface area (Å²) in [6.07, 6.45) is 1.43. The highest BCUT2D eigenvalue weighted by Gasteiger charge is 2.14. The lowest BCUT2D eigenvalue weighted by Crippen LogP contribution is -2.26. The van der Waals surface area contributed by atoms with E-state index in [1.165, 1.54) is 5.56 Å². The number of benzene rings is 4. The molecule has 0 aliphatic carbocycles. The van der Waals surface area contributed by atoms with Crippen molar-refractivity contribution in [2.24, 2.45) is 0 Å². The molecule has 1 heterocycles. The highest BCUT2D eigenvalue weighted by molar-refractivity contribution is 7.89. The molecule has 0 radical (unpaired) electrons.